The maximum atomic E-state index is 2.50. The molecule has 0 atom stereocenters. The number of fused-ring (bicyclic) bond motifs is 8. The molecular formula is C52H32. The Morgan fingerprint density at radius 3 is 1.25 bits per heavy atom. The molecule has 52 heavy (non-hydrogen) atoms. The molecule has 0 amide bonds. The standard InChI is InChI=1S/C52H32/c1-5-16-33(17-6-1)42-30-45-46(31-43(42)34-18-7-2-8-19-34)49(37-23-11-4-12-24-37)52-47-32-44-38-25-14-13-20-35(38)28-29-39(44)40-26-15-27-41(50(40)47)51(52)48(45)36-21-9-3-10-22-36/h1-32H. The third-order valence-electron chi connectivity index (χ3n) is 11.2. The number of benzene rings is 10. The van der Waals surface area contributed by atoms with Gasteiger partial charge in [0.15, 0.2) is 0 Å². The van der Waals surface area contributed by atoms with E-state index in [1.54, 1.807) is 0 Å². The van der Waals surface area contributed by atoms with Crippen molar-refractivity contribution in [3.63, 3.8) is 0 Å². The van der Waals surface area contributed by atoms with E-state index >= 15 is 0 Å². The molecule has 0 saturated carbocycles. The molecule has 0 nitrogen and oxygen atoms in total. The fraction of sp³-hybridized carbons (Fsp3) is 0. The summed E-state index contributed by atoms with van der Waals surface area (Å²) >= 11 is 0. The van der Waals surface area contributed by atoms with Crippen LogP contribution in [0.5, 0.6) is 0 Å². The predicted molar refractivity (Wildman–Crippen MR) is 223 cm³/mol. The Hall–Kier alpha value is -6.76. The summed E-state index contributed by atoms with van der Waals surface area (Å²) in [6.45, 7) is 0. The van der Waals surface area contributed by atoms with Gasteiger partial charge in [-0.15, -0.1) is 0 Å². The van der Waals surface area contributed by atoms with E-state index in [2.05, 4.69) is 194 Å². The van der Waals surface area contributed by atoms with Crippen molar-refractivity contribution in [2.45, 2.75) is 0 Å². The van der Waals surface area contributed by atoms with E-state index < -0.39 is 0 Å². The van der Waals surface area contributed by atoms with Gasteiger partial charge in [0.1, 0.15) is 0 Å². The lowest BCUT2D eigenvalue weighted by Crippen LogP contribution is -1.96. The average molecular weight is 657 g/mol. The van der Waals surface area contributed by atoms with Crippen LogP contribution in [0.25, 0.3) is 110 Å². The second-order valence-corrected chi connectivity index (χ2v) is 13.9. The summed E-state index contributed by atoms with van der Waals surface area (Å²) in [6.07, 6.45) is 0. The first kappa shape index (κ1) is 29.0. The third kappa shape index (κ3) is 4.22. The average Bonchev–Trinajstić information content (AvgIpc) is 3.54. The Kier molecular flexibility index (Phi) is 6.35. The van der Waals surface area contributed by atoms with Crippen molar-refractivity contribution >= 4 is 43.1 Å². The number of hydrogen-bond donors (Lipinski definition) is 0. The van der Waals surface area contributed by atoms with Crippen LogP contribution in [-0.2, 0) is 0 Å². The van der Waals surface area contributed by atoms with Gasteiger partial charge in [-0.25, -0.2) is 0 Å². The Balaban J connectivity index is 1.40. The predicted octanol–water partition coefficient (Wildman–Crippen LogP) is 14.6. The highest BCUT2D eigenvalue weighted by Gasteiger charge is 2.32. The molecule has 0 radical (unpaired) electrons. The molecule has 11 rings (SSSR count). The highest BCUT2D eigenvalue weighted by atomic mass is 14.3. The van der Waals surface area contributed by atoms with Gasteiger partial charge in [0, 0.05) is 0 Å². The van der Waals surface area contributed by atoms with Gasteiger partial charge in [0.05, 0.1) is 0 Å². The lowest BCUT2D eigenvalue weighted by molar-refractivity contribution is 1.59. The molecule has 1 aliphatic rings. The fourth-order valence-corrected chi connectivity index (χ4v) is 8.97. The van der Waals surface area contributed by atoms with E-state index in [-0.39, 0.29) is 0 Å². The number of hydrogen-bond acceptors (Lipinski definition) is 0. The maximum Gasteiger partial charge on any atom is -0.000719 e. The fourth-order valence-electron chi connectivity index (χ4n) is 8.97. The summed E-state index contributed by atoms with van der Waals surface area (Å²) in [5, 5.41) is 10.3. The molecule has 0 spiro atoms. The summed E-state index contributed by atoms with van der Waals surface area (Å²) in [7, 11) is 0. The lowest BCUT2D eigenvalue weighted by atomic mass is 9.80. The monoisotopic (exact) mass is 656 g/mol. The summed E-state index contributed by atoms with van der Waals surface area (Å²) in [5.74, 6) is 0. The van der Waals surface area contributed by atoms with Crippen molar-refractivity contribution in [2.24, 2.45) is 0 Å². The van der Waals surface area contributed by atoms with Crippen molar-refractivity contribution in [3.05, 3.63) is 194 Å². The van der Waals surface area contributed by atoms with Crippen LogP contribution in [0.3, 0.4) is 0 Å². The van der Waals surface area contributed by atoms with Gasteiger partial charge in [-0.2, -0.15) is 0 Å². The van der Waals surface area contributed by atoms with Gasteiger partial charge in [-0.3, -0.25) is 0 Å². The Morgan fingerprint density at radius 1 is 0.212 bits per heavy atom. The molecule has 0 unspecified atom stereocenters. The van der Waals surface area contributed by atoms with Gasteiger partial charge in [0.25, 0.3) is 0 Å². The van der Waals surface area contributed by atoms with Crippen LogP contribution in [0.2, 0.25) is 0 Å². The normalized spacial score (nSPS) is 11.8. The zero-order valence-electron chi connectivity index (χ0n) is 28.5. The zero-order chi connectivity index (χ0) is 34.2. The topological polar surface area (TPSA) is 0 Å². The van der Waals surface area contributed by atoms with Crippen LogP contribution in [0.15, 0.2) is 194 Å². The van der Waals surface area contributed by atoms with Gasteiger partial charge in [-0.1, -0.05) is 176 Å². The first-order valence-electron chi connectivity index (χ1n) is 18.1. The van der Waals surface area contributed by atoms with Crippen molar-refractivity contribution in [2.75, 3.05) is 0 Å². The van der Waals surface area contributed by atoms with E-state index in [0.29, 0.717) is 0 Å². The second kappa shape index (κ2) is 11.4. The van der Waals surface area contributed by atoms with E-state index in [1.165, 1.54) is 110 Å². The maximum absolute atomic E-state index is 2.50. The minimum absolute atomic E-state index is 1.21. The molecule has 0 bridgehead atoms. The van der Waals surface area contributed by atoms with Crippen molar-refractivity contribution in [1.29, 1.82) is 0 Å². The summed E-state index contributed by atoms with van der Waals surface area (Å²) < 4.78 is 0. The SMILES string of the molecule is c1ccc(-c2cc3c(-c4ccccc4)c4c(c(-c5ccccc5)c3cc2-c2ccccc2)-c2cc3c5ccccc5ccc3c3cccc-4c23)cc1. The van der Waals surface area contributed by atoms with Gasteiger partial charge in [0.2, 0.25) is 0 Å². The molecule has 0 aromatic heterocycles. The molecule has 0 heteroatoms. The first-order valence-corrected chi connectivity index (χ1v) is 18.1. The van der Waals surface area contributed by atoms with Crippen LogP contribution in [-0.4, -0.2) is 0 Å². The third-order valence-corrected chi connectivity index (χ3v) is 11.2. The van der Waals surface area contributed by atoms with Gasteiger partial charge in [-0.05, 0) is 128 Å². The molecule has 240 valence electrons. The van der Waals surface area contributed by atoms with Crippen molar-refractivity contribution < 1.29 is 0 Å². The van der Waals surface area contributed by atoms with E-state index in [4.69, 9.17) is 0 Å². The van der Waals surface area contributed by atoms with Crippen LogP contribution in [0, 0.1) is 0 Å². The van der Waals surface area contributed by atoms with Crippen molar-refractivity contribution in [3.8, 4) is 66.8 Å². The number of rotatable bonds is 4. The van der Waals surface area contributed by atoms with Crippen LogP contribution < -0.4 is 0 Å². The summed E-state index contributed by atoms with van der Waals surface area (Å²) in [4.78, 5) is 0. The molecular weight excluding hydrogens is 625 g/mol. The highest BCUT2D eigenvalue weighted by Crippen LogP contribution is 2.59. The minimum atomic E-state index is 1.21. The zero-order valence-corrected chi connectivity index (χ0v) is 28.5. The van der Waals surface area contributed by atoms with E-state index in [9.17, 15) is 0 Å². The second-order valence-electron chi connectivity index (χ2n) is 13.9. The van der Waals surface area contributed by atoms with Crippen LogP contribution in [0.1, 0.15) is 0 Å². The molecule has 0 saturated heterocycles. The van der Waals surface area contributed by atoms with Gasteiger partial charge < -0.3 is 0 Å². The molecule has 0 fully saturated rings. The highest BCUT2D eigenvalue weighted by molar-refractivity contribution is 6.33. The Bertz CT molecular complexity index is 3010. The molecule has 10 aromatic rings. The Labute approximate surface area is 302 Å². The Morgan fingerprint density at radius 2 is 0.673 bits per heavy atom. The smallest absolute Gasteiger partial charge is 0.000719 e. The molecule has 0 aliphatic heterocycles. The lowest BCUT2D eigenvalue weighted by Gasteiger charge is -2.23. The molecule has 10 aromatic carbocycles. The van der Waals surface area contributed by atoms with Crippen molar-refractivity contribution in [1.82, 2.24) is 0 Å². The minimum Gasteiger partial charge on any atom is -0.0622 e. The van der Waals surface area contributed by atoms with E-state index in [1.807, 2.05) is 0 Å². The quantitative estimate of drug-likeness (QED) is 0.165. The van der Waals surface area contributed by atoms with E-state index in [0.717, 1.165) is 0 Å². The summed E-state index contributed by atoms with van der Waals surface area (Å²) in [5.41, 5.74) is 15.2. The largest absolute Gasteiger partial charge is 0.0622 e. The van der Waals surface area contributed by atoms with Crippen LogP contribution in [0.4, 0.5) is 0 Å². The molecule has 1 aliphatic carbocycles. The molecule has 0 heterocycles. The summed E-state index contributed by atoms with van der Waals surface area (Å²) in [6, 6.07) is 71.8. The first-order chi connectivity index (χ1) is 25.8. The van der Waals surface area contributed by atoms with Crippen LogP contribution >= 0.6 is 0 Å². The molecule has 0 N–H and O–H groups in total. The van der Waals surface area contributed by atoms with Gasteiger partial charge >= 0.3 is 0 Å².